The van der Waals surface area contributed by atoms with Crippen molar-refractivity contribution in [3.05, 3.63) is 71.3 Å². The van der Waals surface area contributed by atoms with Gasteiger partial charge in [0.25, 0.3) is 0 Å². The zero-order valence-electron chi connectivity index (χ0n) is 15.3. The molecule has 1 aliphatic heterocycles. The maximum atomic E-state index is 12.4. The fourth-order valence-electron chi connectivity index (χ4n) is 3.39. The summed E-state index contributed by atoms with van der Waals surface area (Å²) in [5, 5.41) is 2.99. The molecule has 0 spiro atoms. The normalized spacial score (nSPS) is 16.7. The fourth-order valence-corrected chi connectivity index (χ4v) is 3.39. The molecule has 0 saturated carbocycles. The number of amides is 2. The molecule has 1 aliphatic rings. The molecule has 1 fully saturated rings. The van der Waals surface area contributed by atoms with Crippen molar-refractivity contribution < 1.29 is 9.59 Å². The standard InChI is InChI=1S/C22H26N2O2/c1-17-8-5-6-12-19(17)15-24-16-20(14-21(24)25)22(26)23-13-7-11-18-9-3-2-4-10-18/h2-6,8-10,12,20H,7,11,13-16H2,1H3,(H,23,26). The lowest BCUT2D eigenvalue weighted by Crippen LogP contribution is -2.33. The van der Waals surface area contributed by atoms with Gasteiger partial charge >= 0.3 is 0 Å². The average molecular weight is 350 g/mol. The molecule has 4 heteroatoms. The number of carbonyl (C=O) groups is 2. The highest BCUT2D eigenvalue weighted by Crippen LogP contribution is 2.21. The monoisotopic (exact) mass is 350 g/mol. The van der Waals surface area contributed by atoms with Crippen LogP contribution in [0.1, 0.15) is 29.5 Å². The molecule has 1 saturated heterocycles. The van der Waals surface area contributed by atoms with Crippen LogP contribution in [-0.2, 0) is 22.6 Å². The molecule has 1 heterocycles. The van der Waals surface area contributed by atoms with Crippen LogP contribution < -0.4 is 5.32 Å². The Morgan fingerprint density at radius 3 is 2.62 bits per heavy atom. The molecule has 26 heavy (non-hydrogen) atoms. The Labute approximate surface area is 155 Å². The van der Waals surface area contributed by atoms with Gasteiger partial charge in [-0.05, 0) is 36.5 Å². The van der Waals surface area contributed by atoms with Gasteiger partial charge in [0.2, 0.25) is 11.8 Å². The largest absolute Gasteiger partial charge is 0.356 e. The molecule has 0 bridgehead atoms. The van der Waals surface area contributed by atoms with Crippen molar-refractivity contribution in [3.63, 3.8) is 0 Å². The third-order valence-electron chi connectivity index (χ3n) is 4.99. The molecule has 2 amide bonds. The lowest BCUT2D eigenvalue weighted by atomic mass is 10.1. The van der Waals surface area contributed by atoms with E-state index in [1.54, 1.807) is 4.90 Å². The van der Waals surface area contributed by atoms with Crippen molar-refractivity contribution in [2.45, 2.75) is 32.7 Å². The second-order valence-electron chi connectivity index (χ2n) is 6.98. The summed E-state index contributed by atoms with van der Waals surface area (Å²) in [5.74, 6) is -0.167. The molecule has 0 aliphatic carbocycles. The number of carbonyl (C=O) groups excluding carboxylic acids is 2. The smallest absolute Gasteiger partial charge is 0.225 e. The molecule has 1 atom stereocenters. The van der Waals surface area contributed by atoms with E-state index in [1.165, 1.54) is 11.1 Å². The minimum atomic E-state index is -0.233. The van der Waals surface area contributed by atoms with Gasteiger partial charge in [-0.3, -0.25) is 9.59 Å². The lowest BCUT2D eigenvalue weighted by Gasteiger charge is -2.18. The summed E-state index contributed by atoms with van der Waals surface area (Å²) >= 11 is 0. The van der Waals surface area contributed by atoms with Gasteiger partial charge in [0.1, 0.15) is 0 Å². The molecule has 4 nitrogen and oxygen atoms in total. The number of hydrogen-bond acceptors (Lipinski definition) is 2. The number of aryl methyl sites for hydroxylation is 2. The summed E-state index contributed by atoms with van der Waals surface area (Å²) in [7, 11) is 0. The van der Waals surface area contributed by atoms with Crippen LogP contribution in [0.15, 0.2) is 54.6 Å². The van der Waals surface area contributed by atoms with E-state index in [9.17, 15) is 9.59 Å². The van der Waals surface area contributed by atoms with E-state index in [1.807, 2.05) is 49.4 Å². The first-order valence-corrected chi connectivity index (χ1v) is 9.27. The first-order chi connectivity index (χ1) is 12.6. The molecule has 2 aromatic carbocycles. The van der Waals surface area contributed by atoms with Crippen LogP contribution in [0.5, 0.6) is 0 Å². The van der Waals surface area contributed by atoms with Crippen molar-refractivity contribution in [1.29, 1.82) is 0 Å². The predicted octanol–water partition coefficient (Wildman–Crippen LogP) is 3.09. The zero-order valence-corrected chi connectivity index (χ0v) is 15.3. The number of nitrogens with zero attached hydrogens (tertiary/aromatic N) is 1. The van der Waals surface area contributed by atoms with Crippen molar-refractivity contribution in [2.75, 3.05) is 13.1 Å². The molecule has 3 rings (SSSR count). The topological polar surface area (TPSA) is 49.4 Å². The van der Waals surface area contributed by atoms with Gasteiger partial charge in [-0.1, -0.05) is 54.6 Å². The van der Waals surface area contributed by atoms with E-state index < -0.39 is 0 Å². The van der Waals surface area contributed by atoms with Crippen molar-refractivity contribution in [3.8, 4) is 0 Å². The van der Waals surface area contributed by atoms with Gasteiger partial charge in [-0.25, -0.2) is 0 Å². The maximum Gasteiger partial charge on any atom is 0.225 e. The Hall–Kier alpha value is -2.62. The van der Waals surface area contributed by atoms with Crippen LogP contribution in [0.2, 0.25) is 0 Å². The highest BCUT2D eigenvalue weighted by Gasteiger charge is 2.34. The lowest BCUT2D eigenvalue weighted by molar-refractivity contribution is -0.129. The highest BCUT2D eigenvalue weighted by atomic mass is 16.2. The minimum Gasteiger partial charge on any atom is -0.356 e. The second kappa shape index (κ2) is 8.65. The summed E-state index contributed by atoms with van der Waals surface area (Å²) in [6, 6.07) is 18.3. The Kier molecular flexibility index (Phi) is 6.05. The summed E-state index contributed by atoms with van der Waals surface area (Å²) in [4.78, 5) is 26.4. The summed E-state index contributed by atoms with van der Waals surface area (Å²) < 4.78 is 0. The number of rotatable bonds is 7. The Morgan fingerprint density at radius 1 is 1.12 bits per heavy atom. The predicted molar refractivity (Wildman–Crippen MR) is 102 cm³/mol. The van der Waals surface area contributed by atoms with Crippen LogP contribution >= 0.6 is 0 Å². The van der Waals surface area contributed by atoms with Crippen LogP contribution in [0.3, 0.4) is 0 Å². The van der Waals surface area contributed by atoms with Crippen molar-refractivity contribution in [2.24, 2.45) is 5.92 Å². The van der Waals surface area contributed by atoms with E-state index >= 15 is 0 Å². The number of benzene rings is 2. The first kappa shape index (κ1) is 18.2. The second-order valence-corrected chi connectivity index (χ2v) is 6.98. The van der Waals surface area contributed by atoms with E-state index in [-0.39, 0.29) is 17.7 Å². The Balaban J connectivity index is 1.44. The minimum absolute atomic E-state index is 0.00121. The molecule has 1 N–H and O–H groups in total. The van der Waals surface area contributed by atoms with Crippen LogP contribution in [-0.4, -0.2) is 29.8 Å². The van der Waals surface area contributed by atoms with Crippen molar-refractivity contribution in [1.82, 2.24) is 10.2 Å². The molecular weight excluding hydrogens is 324 g/mol. The number of nitrogens with one attached hydrogen (secondary N) is 1. The highest BCUT2D eigenvalue weighted by molar-refractivity contribution is 5.89. The first-order valence-electron chi connectivity index (χ1n) is 9.27. The molecule has 1 unspecified atom stereocenters. The van der Waals surface area contributed by atoms with Gasteiger partial charge in [-0.2, -0.15) is 0 Å². The summed E-state index contributed by atoms with van der Waals surface area (Å²) in [6.07, 6.45) is 2.17. The maximum absolute atomic E-state index is 12.4. The number of hydrogen-bond donors (Lipinski definition) is 1. The summed E-state index contributed by atoms with van der Waals surface area (Å²) in [5.41, 5.74) is 3.60. The van der Waals surface area contributed by atoms with E-state index in [4.69, 9.17) is 0 Å². The van der Waals surface area contributed by atoms with Crippen LogP contribution in [0.25, 0.3) is 0 Å². The van der Waals surface area contributed by atoms with Gasteiger partial charge < -0.3 is 10.2 Å². The third-order valence-corrected chi connectivity index (χ3v) is 4.99. The molecular formula is C22H26N2O2. The molecule has 0 radical (unpaired) electrons. The number of likely N-dealkylation sites (tertiary alicyclic amines) is 1. The third kappa shape index (κ3) is 4.72. The Morgan fingerprint density at radius 2 is 1.85 bits per heavy atom. The van der Waals surface area contributed by atoms with Crippen LogP contribution in [0, 0.1) is 12.8 Å². The van der Waals surface area contributed by atoms with Gasteiger partial charge in [0.15, 0.2) is 0 Å². The van der Waals surface area contributed by atoms with E-state index in [2.05, 4.69) is 17.4 Å². The van der Waals surface area contributed by atoms with Gasteiger partial charge in [0.05, 0.1) is 5.92 Å². The van der Waals surface area contributed by atoms with Gasteiger partial charge in [0, 0.05) is 26.1 Å². The average Bonchev–Trinajstić information content (AvgIpc) is 3.02. The van der Waals surface area contributed by atoms with Gasteiger partial charge in [-0.15, -0.1) is 0 Å². The van der Waals surface area contributed by atoms with Crippen molar-refractivity contribution >= 4 is 11.8 Å². The fraction of sp³-hybridized carbons (Fsp3) is 0.364. The van der Waals surface area contributed by atoms with Crippen LogP contribution in [0.4, 0.5) is 0 Å². The molecule has 0 aromatic heterocycles. The summed E-state index contributed by atoms with van der Waals surface area (Å²) in [6.45, 7) is 3.80. The molecule has 136 valence electrons. The SMILES string of the molecule is Cc1ccccc1CN1CC(C(=O)NCCCc2ccccc2)CC1=O. The zero-order chi connectivity index (χ0) is 18.4. The van der Waals surface area contributed by atoms with E-state index in [0.717, 1.165) is 18.4 Å². The quantitative estimate of drug-likeness (QED) is 0.780. The molecule has 2 aromatic rings. The van der Waals surface area contributed by atoms with E-state index in [0.29, 0.717) is 26.1 Å². The Bertz CT molecular complexity index is 758.